The molecule has 0 fully saturated rings. The summed E-state index contributed by atoms with van der Waals surface area (Å²) in [7, 11) is 1.46. The molecule has 0 aliphatic rings. The van der Waals surface area contributed by atoms with E-state index in [9.17, 15) is 9.18 Å². The van der Waals surface area contributed by atoms with Crippen molar-refractivity contribution in [1.29, 1.82) is 0 Å². The Morgan fingerprint density at radius 2 is 2.12 bits per heavy atom. The minimum absolute atomic E-state index is 0.0388. The summed E-state index contributed by atoms with van der Waals surface area (Å²) >= 11 is 1.38. The molecule has 0 bridgehead atoms. The molecule has 3 rings (SSSR count). The van der Waals surface area contributed by atoms with E-state index < -0.39 is 0 Å². The van der Waals surface area contributed by atoms with E-state index in [4.69, 9.17) is 4.74 Å². The number of amides is 1. The average Bonchev–Trinajstić information content (AvgIpc) is 3.15. The molecule has 124 valence electrons. The van der Waals surface area contributed by atoms with Crippen molar-refractivity contribution in [1.82, 2.24) is 14.8 Å². The number of anilines is 1. The van der Waals surface area contributed by atoms with Crippen LogP contribution in [0.4, 0.5) is 10.2 Å². The maximum Gasteiger partial charge on any atom is 0.251 e. The third-order valence-electron chi connectivity index (χ3n) is 3.19. The van der Waals surface area contributed by atoms with Crippen LogP contribution in [0.2, 0.25) is 0 Å². The van der Waals surface area contributed by atoms with Crippen LogP contribution in [0.3, 0.4) is 0 Å². The van der Waals surface area contributed by atoms with E-state index >= 15 is 0 Å². The van der Waals surface area contributed by atoms with Crippen molar-refractivity contribution < 1.29 is 13.9 Å². The highest BCUT2D eigenvalue weighted by atomic mass is 32.1. The van der Waals surface area contributed by atoms with Gasteiger partial charge in [0.2, 0.25) is 5.13 Å². The quantitative estimate of drug-likeness (QED) is 0.771. The van der Waals surface area contributed by atoms with E-state index in [0.29, 0.717) is 10.9 Å². The number of methoxy groups -OCH3 is 1. The lowest BCUT2D eigenvalue weighted by molar-refractivity contribution is -0.119. The lowest BCUT2D eigenvalue weighted by Crippen LogP contribution is -2.19. The van der Waals surface area contributed by atoms with Crippen LogP contribution >= 0.6 is 11.3 Å². The van der Waals surface area contributed by atoms with Gasteiger partial charge in [0.05, 0.1) is 11.4 Å². The zero-order valence-electron chi connectivity index (χ0n) is 13.1. The molecule has 1 amide bonds. The summed E-state index contributed by atoms with van der Waals surface area (Å²) in [6.07, 6.45) is 0. The Kier molecular flexibility index (Phi) is 4.68. The molecule has 0 saturated carbocycles. The first kappa shape index (κ1) is 16.3. The van der Waals surface area contributed by atoms with E-state index in [1.165, 1.54) is 30.6 Å². The van der Waals surface area contributed by atoms with Crippen LogP contribution in [-0.2, 0) is 9.53 Å². The summed E-state index contributed by atoms with van der Waals surface area (Å²) in [5.41, 5.74) is 2.28. The monoisotopic (exact) mass is 346 g/mol. The van der Waals surface area contributed by atoms with E-state index in [-0.39, 0.29) is 18.3 Å². The predicted octanol–water partition coefficient (Wildman–Crippen LogP) is 3.03. The Bertz CT molecular complexity index is 857. The molecule has 2 heterocycles. The minimum atomic E-state index is -0.292. The van der Waals surface area contributed by atoms with Gasteiger partial charge in [-0.25, -0.2) is 9.37 Å². The number of hydrogen-bond acceptors (Lipinski definition) is 5. The molecule has 0 saturated heterocycles. The molecule has 1 N–H and O–H groups in total. The van der Waals surface area contributed by atoms with Gasteiger partial charge < -0.3 is 10.1 Å². The standard InChI is InChI=1S/C16H15FN4O2S/c1-10-7-14(19-15(22)8-23-2)21(20-10)16-18-13(9-24-16)11-3-5-12(17)6-4-11/h3-7,9H,8H2,1-2H3,(H,19,22). The highest BCUT2D eigenvalue weighted by Gasteiger charge is 2.14. The van der Waals surface area contributed by atoms with Gasteiger partial charge in [-0.2, -0.15) is 9.78 Å². The fourth-order valence-electron chi connectivity index (χ4n) is 2.16. The smallest absolute Gasteiger partial charge is 0.251 e. The summed E-state index contributed by atoms with van der Waals surface area (Å²) in [5.74, 6) is -0.0384. The van der Waals surface area contributed by atoms with Gasteiger partial charge in [-0.1, -0.05) is 0 Å². The average molecular weight is 346 g/mol. The number of nitrogens with zero attached hydrogens (tertiary/aromatic N) is 3. The van der Waals surface area contributed by atoms with Crippen LogP contribution in [0, 0.1) is 12.7 Å². The van der Waals surface area contributed by atoms with Crippen LogP contribution < -0.4 is 5.32 Å². The van der Waals surface area contributed by atoms with Crippen molar-refractivity contribution in [2.75, 3.05) is 19.0 Å². The highest BCUT2D eigenvalue weighted by Crippen LogP contribution is 2.26. The largest absolute Gasteiger partial charge is 0.375 e. The minimum Gasteiger partial charge on any atom is -0.375 e. The molecule has 0 aliphatic heterocycles. The van der Waals surface area contributed by atoms with Crippen LogP contribution in [0.15, 0.2) is 35.7 Å². The normalized spacial score (nSPS) is 10.8. The first-order valence-corrected chi connectivity index (χ1v) is 8.02. The number of ether oxygens (including phenoxy) is 1. The lowest BCUT2D eigenvalue weighted by atomic mass is 10.2. The van der Waals surface area contributed by atoms with Crippen molar-refractivity contribution in [3.8, 4) is 16.4 Å². The lowest BCUT2D eigenvalue weighted by Gasteiger charge is -2.05. The first-order chi connectivity index (χ1) is 11.6. The summed E-state index contributed by atoms with van der Waals surface area (Å²) in [6.45, 7) is 1.79. The molecule has 0 aliphatic carbocycles. The first-order valence-electron chi connectivity index (χ1n) is 7.14. The number of halogens is 1. The third kappa shape index (κ3) is 3.50. The van der Waals surface area contributed by atoms with E-state index in [0.717, 1.165) is 17.0 Å². The van der Waals surface area contributed by atoms with Crippen LogP contribution in [0.5, 0.6) is 0 Å². The maximum absolute atomic E-state index is 13.0. The van der Waals surface area contributed by atoms with Crippen molar-refractivity contribution in [2.24, 2.45) is 0 Å². The molecule has 1 aromatic carbocycles. The van der Waals surface area contributed by atoms with Crippen molar-refractivity contribution >= 4 is 23.1 Å². The fraction of sp³-hybridized carbons (Fsp3) is 0.188. The highest BCUT2D eigenvalue weighted by molar-refractivity contribution is 7.12. The molecular formula is C16H15FN4O2S. The van der Waals surface area contributed by atoms with Gasteiger partial charge in [-0.05, 0) is 31.2 Å². The zero-order chi connectivity index (χ0) is 17.1. The van der Waals surface area contributed by atoms with Crippen molar-refractivity contribution in [3.63, 3.8) is 0 Å². The van der Waals surface area contributed by atoms with Gasteiger partial charge in [0, 0.05) is 24.1 Å². The molecule has 8 heteroatoms. The number of aryl methyl sites for hydroxylation is 1. The Labute approximate surface area is 141 Å². The number of hydrogen-bond donors (Lipinski definition) is 1. The number of nitrogens with one attached hydrogen (secondary N) is 1. The van der Waals surface area contributed by atoms with Gasteiger partial charge in [0.25, 0.3) is 5.91 Å². The Morgan fingerprint density at radius 3 is 2.83 bits per heavy atom. The Balaban J connectivity index is 1.90. The Morgan fingerprint density at radius 1 is 1.38 bits per heavy atom. The van der Waals surface area contributed by atoms with Gasteiger partial charge in [0.15, 0.2) is 0 Å². The molecule has 24 heavy (non-hydrogen) atoms. The fourth-order valence-corrected chi connectivity index (χ4v) is 2.96. The number of carbonyl (C=O) groups is 1. The summed E-state index contributed by atoms with van der Waals surface area (Å²) in [4.78, 5) is 16.3. The number of thiazole rings is 1. The molecule has 6 nitrogen and oxygen atoms in total. The summed E-state index contributed by atoms with van der Waals surface area (Å²) < 4.78 is 19.4. The van der Waals surface area contributed by atoms with E-state index in [1.54, 1.807) is 22.9 Å². The summed E-state index contributed by atoms with van der Waals surface area (Å²) in [6, 6.07) is 7.88. The maximum atomic E-state index is 13.0. The summed E-state index contributed by atoms with van der Waals surface area (Å²) in [5, 5.41) is 9.57. The van der Waals surface area contributed by atoms with Crippen molar-refractivity contribution in [3.05, 3.63) is 47.2 Å². The number of aromatic nitrogens is 3. The second kappa shape index (κ2) is 6.90. The Hall–Kier alpha value is -2.58. The van der Waals surface area contributed by atoms with Gasteiger partial charge >= 0.3 is 0 Å². The molecule has 3 aromatic rings. The van der Waals surface area contributed by atoms with Gasteiger partial charge in [-0.3, -0.25) is 4.79 Å². The number of benzene rings is 1. The SMILES string of the molecule is COCC(=O)Nc1cc(C)nn1-c1nc(-c2ccc(F)cc2)cs1. The molecule has 2 aromatic heterocycles. The van der Waals surface area contributed by atoms with E-state index in [1.807, 2.05) is 12.3 Å². The second-order valence-corrected chi connectivity index (χ2v) is 5.92. The number of carbonyl (C=O) groups excluding carboxylic acids is 1. The molecule has 0 atom stereocenters. The van der Waals surface area contributed by atoms with Crippen LogP contribution in [0.1, 0.15) is 5.69 Å². The van der Waals surface area contributed by atoms with Gasteiger partial charge in [-0.15, -0.1) is 11.3 Å². The molecule has 0 unspecified atom stereocenters. The zero-order valence-corrected chi connectivity index (χ0v) is 13.9. The molecule has 0 spiro atoms. The van der Waals surface area contributed by atoms with Gasteiger partial charge in [0.1, 0.15) is 18.2 Å². The van der Waals surface area contributed by atoms with Crippen molar-refractivity contribution in [2.45, 2.75) is 6.92 Å². The molecular weight excluding hydrogens is 331 g/mol. The number of rotatable bonds is 5. The van der Waals surface area contributed by atoms with E-state index in [2.05, 4.69) is 15.4 Å². The van der Waals surface area contributed by atoms with Crippen LogP contribution in [0.25, 0.3) is 16.4 Å². The second-order valence-electron chi connectivity index (χ2n) is 5.09. The topological polar surface area (TPSA) is 69.0 Å². The third-order valence-corrected chi connectivity index (χ3v) is 4.00. The predicted molar refractivity (Wildman–Crippen MR) is 89.9 cm³/mol. The van der Waals surface area contributed by atoms with Crippen LogP contribution in [-0.4, -0.2) is 34.4 Å². The molecule has 0 radical (unpaired) electrons.